The van der Waals surface area contributed by atoms with Crippen LogP contribution in [-0.2, 0) is 27.3 Å². The van der Waals surface area contributed by atoms with Gasteiger partial charge < -0.3 is 15.2 Å². The van der Waals surface area contributed by atoms with Gasteiger partial charge in [-0.25, -0.2) is 9.78 Å². The van der Waals surface area contributed by atoms with E-state index in [1.807, 2.05) is 31.4 Å². The van der Waals surface area contributed by atoms with Crippen LogP contribution in [0.25, 0.3) is 10.6 Å². The van der Waals surface area contributed by atoms with E-state index < -0.39 is 12.0 Å². The maximum absolute atomic E-state index is 12.3. The molecule has 1 saturated heterocycles. The number of hydrogen-bond donors (Lipinski definition) is 2. The number of aromatic nitrogens is 1. The van der Waals surface area contributed by atoms with Gasteiger partial charge in [0.1, 0.15) is 11.0 Å². The van der Waals surface area contributed by atoms with Crippen LogP contribution in [0.15, 0.2) is 29.6 Å². The summed E-state index contributed by atoms with van der Waals surface area (Å²) < 4.78 is 5.41. The van der Waals surface area contributed by atoms with Gasteiger partial charge in [0, 0.05) is 30.6 Å². The monoisotopic (exact) mass is 431 g/mol. The van der Waals surface area contributed by atoms with Gasteiger partial charge in [-0.1, -0.05) is 32.0 Å². The Morgan fingerprint density at radius 2 is 2.07 bits per heavy atom. The van der Waals surface area contributed by atoms with Crippen LogP contribution in [0.4, 0.5) is 0 Å². The van der Waals surface area contributed by atoms with Gasteiger partial charge in [-0.05, 0) is 24.0 Å². The Morgan fingerprint density at radius 1 is 1.30 bits per heavy atom. The van der Waals surface area contributed by atoms with Crippen LogP contribution in [0, 0.1) is 5.92 Å². The zero-order valence-corrected chi connectivity index (χ0v) is 18.3. The first-order valence-electron chi connectivity index (χ1n) is 10.3. The molecule has 2 aromatic rings. The van der Waals surface area contributed by atoms with Crippen LogP contribution in [-0.4, -0.2) is 59.2 Å². The number of nitrogens with one attached hydrogen (secondary N) is 1. The smallest absolute Gasteiger partial charge is 0.326 e. The van der Waals surface area contributed by atoms with Crippen molar-refractivity contribution in [2.24, 2.45) is 5.92 Å². The number of rotatable bonds is 9. The number of hydrogen-bond acceptors (Lipinski definition) is 6. The number of benzene rings is 1. The highest BCUT2D eigenvalue weighted by Crippen LogP contribution is 2.25. The van der Waals surface area contributed by atoms with Gasteiger partial charge in [0.15, 0.2) is 0 Å². The highest BCUT2D eigenvalue weighted by Gasteiger charge is 2.21. The van der Waals surface area contributed by atoms with Crippen LogP contribution in [0.5, 0.6) is 0 Å². The summed E-state index contributed by atoms with van der Waals surface area (Å²) in [6, 6.07) is 7.44. The number of aliphatic carboxylic acids is 1. The first kappa shape index (κ1) is 22.4. The minimum atomic E-state index is -1.01. The Bertz CT molecular complexity index is 862. The summed E-state index contributed by atoms with van der Waals surface area (Å²) >= 11 is 1.49. The third kappa shape index (κ3) is 6.62. The average molecular weight is 432 g/mol. The molecule has 2 N–H and O–H groups in total. The second-order valence-corrected chi connectivity index (χ2v) is 8.86. The molecule has 1 aromatic carbocycles. The Balaban J connectivity index is 1.61. The number of carbonyl (C=O) groups excluding carboxylic acids is 1. The summed E-state index contributed by atoms with van der Waals surface area (Å²) in [6.45, 7) is 8.17. The van der Waals surface area contributed by atoms with Gasteiger partial charge in [0.2, 0.25) is 5.91 Å². The molecule has 2 heterocycles. The topological polar surface area (TPSA) is 91.8 Å². The first-order chi connectivity index (χ1) is 14.4. The van der Waals surface area contributed by atoms with Crippen molar-refractivity contribution in [1.29, 1.82) is 0 Å². The fourth-order valence-electron chi connectivity index (χ4n) is 3.44. The molecule has 1 atom stereocenters. The highest BCUT2D eigenvalue weighted by atomic mass is 32.1. The van der Waals surface area contributed by atoms with Crippen molar-refractivity contribution in [3.05, 3.63) is 40.9 Å². The summed E-state index contributed by atoms with van der Waals surface area (Å²) in [5, 5.41) is 14.6. The van der Waals surface area contributed by atoms with Gasteiger partial charge in [0.25, 0.3) is 0 Å². The van der Waals surface area contributed by atoms with Gasteiger partial charge in [-0.2, -0.15) is 0 Å². The normalized spacial score (nSPS) is 15.8. The quantitative estimate of drug-likeness (QED) is 0.634. The van der Waals surface area contributed by atoms with Crippen molar-refractivity contribution in [1.82, 2.24) is 15.2 Å². The maximum atomic E-state index is 12.3. The molecule has 8 heteroatoms. The molecule has 0 radical (unpaired) electrons. The Morgan fingerprint density at radius 3 is 2.77 bits per heavy atom. The molecule has 1 unspecified atom stereocenters. The van der Waals surface area contributed by atoms with E-state index in [9.17, 15) is 14.7 Å². The Kier molecular flexibility index (Phi) is 7.95. The van der Waals surface area contributed by atoms with Crippen LogP contribution in [0.1, 0.15) is 31.5 Å². The number of nitrogens with zero attached hydrogens (tertiary/aromatic N) is 2. The number of carboxylic acid groups (broad SMARTS) is 1. The lowest BCUT2D eigenvalue weighted by Gasteiger charge is -2.26. The predicted octanol–water partition coefficient (Wildman–Crippen LogP) is 2.80. The van der Waals surface area contributed by atoms with Gasteiger partial charge in [0.05, 0.1) is 25.3 Å². The van der Waals surface area contributed by atoms with Gasteiger partial charge >= 0.3 is 5.97 Å². The summed E-state index contributed by atoms with van der Waals surface area (Å²) in [4.78, 5) is 30.6. The lowest BCUT2D eigenvalue weighted by molar-refractivity contribution is -0.142. The molecule has 1 aromatic heterocycles. The summed E-state index contributed by atoms with van der Waals surface area (Å²) in [5.74, 6) is -1.14. The first-order valence-corrected chi connectivity index (χ1v) is 11.1. The number of morpholine rings is 1. The van der Waals surface area contributed by atoms with Crippen molar-refractivity contribution in [3.63, 3.8) is 0 Å². The SMILES string of the molecule is CC(C)CC(NC(=O)Cc1csc(-c2cccc(CN3CCOCC3)c2)n1)C(=O)O. The second-order valence-electron chi connectivity index (χ2n) is 8.00. The molecule has 30 heavy (non-hydrogen) atoms. The largest absolute Gasteiger partial charge is 0.480 e. The molecule has 0 aliphatic carbocycles. The molecule has 7 nitrogen and oxygen atoms in total. The Labute approximate surface area is 181 Å². The van der Waals surface area contributed by atoms with Crippen molar-refractivity contribution in [3.8, 4) is 10.6 Å². The van der Waals surface area contributed by atoms with Crippen LogP contribution in [0.3, 0.4) is 0 Å². The molecule has 0 spiro atoms. The summed E-state index contributed by atoms with van der Waals surface area (Å²) in [7, 11) is 0. The van der Waals surface area contributed by atoms with Crippen molar-refractivity contribution >= 4 is 23.2 Å². The average Bonchev–Trinajstić information content (AvgIpc) is 3.16. The fraction of sp³-hybridized carbons (Fsp3) is 0.500. The standard InChI is InChI=1S/C22H29N3O4S/c1-15(2)10-19(22(27)28)24-20(26)12-18-14-30-21(23-18)17-5-3-4-16(11-17)13-25-6-8-29-9-7-25/h3-5,11,14-15,19H,6-10,12-13H2,1-2H3,(H,24,26)(H,27,28). The van der Waals surface area contributed by atoms with Crippen LogP contribution >= 0.6 is 11.3 Å². The molecule has 0 bridgehead atoms. The maximum Gasteiger partial charge on any atom is 0.326 e. The van der Waals surface area contributed by atoms with Crippen molar-refractivity contribution in [2.75, 3.05) is 26.3 Å². The third-order valence-electron chi connectivity index (χ3n) is 4.92. The lowest BCUT2D eigenvalue weighted by Crippen LogP contribution is -2.42. The van der Waals surface area contributed by atoms with Gasteiger partial charge in [-0.3, -0.25) is 9.69 Å². The number of thiazole rings is 1. The van der Waals surface area contributed by atoms with E-state index in [4.69, 9.17) is 4.74 Å². The molecule has 0 saturated carbocycles. The van der Waals surface area contributed by atoms with E-state index in [1.165, 1.54) is 16.9 Å². The molecule has 162 valence electrons. The van der Waals surface area contributed by atoms with E-state index in [0.717, 1.165) is 43.4 Å². The molecule has 1 aliphatic rings. The fourth-order valence-corrected chi connectivity index (χ4v) is 4.26. The summed E-state index contributed by atoms with van der Waals surface area (Å²) in [6.07, 6.45) is 0.477. The van der Waals surface area contributed by atoms with E-state index in [0.29, 0.717) is 12.1 Å². The third-order valence-corrected chi connectivity index (χ3v) is 5.86. The second kappa shape index (κ2) is 10.7. The minimum absolute atomic E-state index is 0.0752. The number of carboxylic acids is 1. The molecule has 1 fully saturated rings. The number of ether oxygens (including phenoxy) is 1. The van der Waals surface area contributed by atoms with Crippen LogP contribution < -0.4 is 5.32 Å². The van der Waals surface area contributed by atoms with E-state index in [2.05, 4.69) is 27.3 Å². The van der Waals surface area contributed by atoms with Crippen molar-refractivity contribution < 1.29 is 19.4 Å². The molecular weight excluding hydrogens is 402 g/mol. The zero-order valence-electron chi connectivity index (χ0n) is 17.5. The number of amides is 1. The molecular formula is C22H29N3O4S. The number of carbonyl (C=O) groups is 2. The minimum Gasteiger partial charge on any atom is -0.480 e. The lowest BCUT2D eigenvalue weighted by atomic mass is 10.0. The van der Waals surface area contributed by atoms with E-state index in [-0.39, 0.29) is 18.2 Å². The van der Waals surface area contributed by atoms with Crippen molar-refractivity contribution in [2.45, 2.75) is 39.3 Å². The van der Waals surface area contributed by atoms with Gasteiger partial charge in [-0.15, -0.1) is 11.3 Å². The van der Waals surface area contributed by atoms with E-state index >= 15 is 0 Å². The van der Waals surface area contributed by atoms with E-state index in [1.54, 1.807) is 0 Å². The summed E-state index contributed by atoms with van der Waals surface area (Å²) in [5.41, 5.74) is 2.90. The van der Waals surface area contributed by atoms with Crippen LogP contribution in [0.2, 0.25) is 0 Å². The highest BCUT2D eigenvalue weighted by molar-refractivity contribution is 7.13. The zero-order chi connectivity index (χ0) is 21.5. The predicted molar refractivity (Wildman–Crippen MR) is 116 cm³/mol. The Hall–Kier alpha value is -2.29. The molecule has 3 rings (SSSR count). The molecule has 1 aliphatic heterocycles. The molecule has 1 amide bonds.